The average Bonchev–Trinajstić information content (AvgIpc) is 2.26. The SMILES string of the molecule is CC(C(=O)OC(C)(C)C)S(=O)(=O)c1ccc(Br)cc1. The van der Waals surface area contributed by atoms with Crippen LogP contribution in [0.15, 0.2) is 33.6 Å². The predicted octanol–water partition coefficient (Wildman–Crippen LogP) is 2.95. The van der Waals surface area contributed by atoms with Crippen LogP contribution in [0.5, 0.6) is 0 Å². The quantitative estimate of drug-likeness (QED) is 0.788. The van der Waals surface area contributed by atoms with E-state index in [1.54, 1.807) is 32.9 Å². The second-order valence-electron chi connectivity index (χ2n) is 5.17. The number of ether oxygens (including phenoxy) is 1. The van der Waals surface area contributed by atoms with Gasteiger partial charge in [-0.25, -0.2) is 8.42 Å². The Bertz CT molecular complexity index is 555. The molecular weight excluding hydrogens is 332 g/mol. The van der Waals surface area contributed by atoms with Crippen molar-refractivity contribution >= 4 is 31.7 Å². The number of benzene rings is 1. The van der Waals surface area contributed by atoms with Crippen LogP contribution in [0.1, 0.15) is 27.7 Å². The monoisotopic (exact) mass is 348 g/mol. The number of rotatable bonds is 3. The van der Waals surface area contributed by atoms with Crippen LogP contribution in [0, 0.1) is 0 Å². The maximum atomic E-state index is 12.3. The molecule has 6 heteroatoms. The van der Waals surface area contributed by atoms with E-state index in [0.717, 1.165) is 4.47 Å². The molecule has 106 valence electrons. The molecule has 1 atom stereocenters. The highest BCUT2D eigenvalue weighted by molar-refractivity contribution is 9.10. The van der Waals surface area contributed by atoms with Gasteiger partial charge in [-0.15, -0.1) is 0 Å². The standard InChI is InChI=1S/C13H17BrO4S/c1-9(12(15)18-13(2,3)4)19(16,17)11-7-5-10(14)6-8-11/h5-9H,1-4H3. The lowest BCUT2D eigenvalue weighted by molar-refractivity contribution is -0.153. The number of hydrogen-bond donors (Lipinski definition) is 0. The molecule has 0 radical (unpaired) electrons. The van der Waals surface area contributed by atoms with Gasteiger partial charge in [0.15, 0.2) is 15.1 Å². The molecule has 1 aromatic carbocycles. The Morgan fingerprint density at radius 1 is 1.21 bits per heavy atom. The maximum Gasteiger partial charge on any atom is 0.324 e. The summed E-state index contributed by atoms with van der Waals surface area (Å²) in [7, 11) is -3.72. The van der Waals surface area contributed by atoms with Gasteiger partial charge in [0.2, 0.25) is 0 Å². The second kappa shape index (κ2) is 5.63. The first-order chi connectivity index (χ1) is 8.54. The normalized spacial score (nSPS) is 13.9. The lowest BCUT2D eigenvalue weighted by Crippen LogP contribution is -2.35. The van der Waals surface area contributed by atoms with Gasteiger partial charge < -0.3 is 4.74 Å². The van der Waals surface area contributed by atoms with E-state index in [-0.39, 0.29) is 4.90 Å². The fourth-order valence-corrected chi connectivity index (χ4v) is 2.83. The molecule has 0 aliphatic carbocycles. The average molecular weight is 349 g/mol. The molecule has 0 aliphatic rings. The van der Waals surface area contributed by atoms with E-state index < -0.39 is 26.7 Å². The molecule has 1 unspecified atom stereocenters. The zero-order chi connectivity index (χ0) is 14.8. The van der Waals surface area contributed by atoms with Crippen molar-refractivity contribution in [1.29, 1.82) is 0 Å². The highest BCUT2D eigenvalue weighted by Crippen LogP contribution is 2.21. The van der Waals surface area contributed by atoms with E-state index in [1.165, 1.54) is 19.1 Å². The Morgan fingerprint density at radius 3 is 2.11 bits per heavy atom. The third kappa shape index (κ3) is 4.31. The van der Waals surface area contributed by atoms with Gasteiger partial charge >= 0.3 is 5.97 Å². The molecule has 0 saturated carbocycles. The van der Waals surface area contributed by atoms with Gasteiger partial charge in [-0.2, -0.15) is 0 Å². The topological polar surface area (TPSA) is 60.4 Å². The first kappa shape index (κ1) is 16.2. The Morgan fingerprint density at radius 2 is 1.68 bits per heavy atom. The van der Waals surface area contributed by atoms with Gasteiger partial charge in [0.05, 0.1) is 4.90 Å². The Labute approximate surface area is 122 Å². The van der Waals surface area contributed by atoms with Crippen LogP contribution in [0.2, 0.25) is 0 Å². The van der Waals surface area contributed by atoms with Crippen molar-refractivity contribution in [1.82, 2.24) is 0 Å². The summed E-state index contributed by atoms with van der Waals surface area (Å²) in [6.45, 7) is 6.43. The summed E-state index contributed by atoms with van der Waals surface area (Å²) in [4.78, 5) is 11.9. The summed E-state index contributed by atoms with van der Waals surface area (Å²) in [6.07, 6.45) is 0. The van der Waals surface area contributed by atoms with Crippen LogP contribution in [0.4, 0.5) is 0 Å². The summed E-state index contributed by atoms with van der Waals surface area (Å²) in [5.74, 6) is -0.740. The van der Waals surface area contributed by atoms with Gasteiger partial charge in [-0.3, -0.25) is 4.79 Å². The van der Waals surface area contributed by atoms with Crippen LogP contribution in [0.25, 0.3) is 0 Å². The van der Waals surface area contributed by atoms with Gasteiger partial charge in [0.1, 0.15) is 5.60 Å². The summed E-state index contributed by atoms with van der Waals surface area (Å²) >= 11 is 3.23. The molecule has 1 rings (SSSR count). The minimum Gasteiger partial charge on any atom is -0.459 e. The molecule has 19 heavy (non-hydrogen) atoms. The van der Waals surface area contributed by atoms with E-state index >= 15 is 0 Å². The molecule has 0 N–H and O–H groups in total. The highest BCUT2D eigenvalue weighted by Gasteiger charge is 2.33. The minimum atomic E-state index is -3.72. The summed E-state index contributed by atoms with van der Waals surface area (Å²) in [5, 5.41) is -1.23. The highest BCUT2D eigenvalue weighted by atomic mass is 79.9. The Kier molecular flexibility index (Phi) is 4.79. The molecule has 4 nitrogen and oxygen atoms in total. The van der Waals surface area contributed by atoms with Gasteiger partial charge in [0, 0.05) is 4.47 Å². The molecule has 0 spiro atoms. The molecule has 0 fully saturated rings. The van der Waals surface area contributed by atoms with Crippen LogP contribution >= 0.6 is 15.9 Å². The van der Waals surface area contributed by atoms with Crippen molar-refractivity contribution in [2.75, 3.05) is 0 Å². The van der Waals surface area contributed by atoms with Crippen LogP contribution in [-0.2, 0) is 19.4 Å². The van der Waals surface area contributed by atoms with Crippen molar-refractivity contribution in [3.63, 3.8) is 0 Å². The van der Waals surface area contributed by atoms with E-state index in [4.69, 9.17) is 4.74 Å². The summed E-state index contributed by atoms with van der Waals surface area (Å²) < 4.78 is 30.4. The smallest absolute Gasteiger partial charge is 0.324 e. The molecule has 0 bridgehead atoms. The maximum absolute atomic E-state index is 12.3. The van der Waals surface area contributed by atoms with Crippen molar-refractivity contribution in [2.45, 2.75) is 43.4 Å². The largest absolute Gasteiger partial charge is 0.459 e. The van der Waals surface area contributed by atoms with Crippen molar-refractivity contribution < 1.29 is 17.9 Å². The van der Waals surface area contributed by atoms with Crippen molar-refractivity contribution in [3.05, 3.63) is 28.7 Å². The number of hydrogen-bond acceptors (Lipinski definition) is 4. The number of carbonyl (C=O) groups is 1. The summed E-state index contributed by atoms with van der Waals surface area (Å²) in [5.41, 5.74) is -0.708. The fourth-order valence-electron chi connectivity index (χ4n) is 1.34. The van der Waals surface area contributed by atoms with E-state index in [2.05, 4.69) is 15.9 Å². The minimum absolute atomic E-state index is 0.106. The first-order valence-corrected chi connectivity index (χ1v) is 8.10. The third-order valence-electron chi connectivity index (χ3n) is 2.35. The molecule has 0 heterocycles. The predicted molar refractivity (Wildman–Crippen MR) is 76.6 cm³/mol. The Balaban J connectivity index is 3.00. The molecular formula is C13H17BrO4S. The van der Waals surface area contributed by atoms with E-state index in [0.29, 0.717) is 0 Å². The van der Waals surface area contributed by atoms with E-state index in [1.807, 2.05) is 0 Å². The lowest BCUT2D eigenvalue weighted by Gasteiger charge is -2.22. The molecule has 1 aromatic rings. The molecule has 0 amide bonds. The molecule has 0 aliphatic heterocycles. The number of esters is 1. The zero-order valence-electron chi connectivity index (χ0n) is 11.3. The van der Waals surface area contributed by atoms with Gasteiger partial charge in [0.25, 0.3) is 0 Å². The van der Waals surface area contributed by atoms with Crippen molar-refractivity contribution in [2.24, 2.45) is 0 Å². The van der Waals surface area contributed by atoms with Crippen LogP contribution < -0.4 is 0 Å². The number of carbonyl (C=O) groups excluding carboxylic acids is 1. The lowest BCUT2D eigenvalue weighted by atomic mass is 10.2. The summed E-state index contributed by atoms with van der Waals surface area (Å²) in [6, 6.07) is 6.16. The number of halogens is 1. The molecule has 0 saturated heterocycles. The van der Waals surface area contributed by atoms with Crippen LogP contribution in [-0.4, -0.2) is 25.2 Å². The van der Waals surface area contributed by atoms with Crippen LogP contribution in [0.3, 0.4) is 0 Å². The third-order valence-corrected chi connectivity index (χ3v) is 4.93. The van der Waals surface area contributed by atoms with Gasteiger partial charge in [-0.05, 0) is 52.0 Å². The van der Waals surface area contributed by atoms with Gasteiger partial charge in [-0.1, -0.05) is 15.9 Å². The molecule has 0 aromatic heterocycles. The van der Waals surface area contributed by atoms with Crippen molar-refractivity contribution in [3.8, 4) is 0 Å². The zero-order valence-corrected chi connectivity index (χ0v) is 13.7. The number of sulfone groups is 1. The fraction of sp³-hybridized carbons (Fsp3) is 0.462. The first-order valence-electron chi connectivity index (χ1n) is 5.76. The Hall–Kier alpha value is -0.880. The van der Waals surface area contributed by atoms with E-state index in [9.17, 15) is 13.2 Å². The second-order valence-corrected chi connectivity index (χ2v) is 8.36.